The lowest BCUT2D eigenvalue weighted by atomic mass is 10.1. The first-order chi connectivity index (χ1) is 14.2. The number of nitrogens with zero attached hydrogens (tertiary/aromatic N) is 1. The number of hydrogen-bond donors (Lipinski definition) is 0. The summed E-state index contributed by atoms with van der Waals surface area (Å²) in [6.07, 6.45) is 1.79. The molecule has 1 heterocycles. The van der Waals surface area contributed by atoms with Crippen molar-refractivity contribution in [1.29, 1.82) is 0 Å². The molecule has 1 aliphatic heterocycles. The third kappa shape index (κ3) is 6.72. The Bertz CT molecular complexity index is 887. The lowest BCUT2D eigenvalue weighted by Crippen LogP contribution is -2.42. The van der Waals surface area contributed by atoms with Crippen LogP contribution in [0.4, 0.5) is 4.39 Å². The Kier molecular flexibility index (Phi) is 7.82. The van der Waals surface area contributed by atoms with E-state index < -0.39 is 5.60 Å². The van der Waals surface area contributed by atoms with Crippen molar-refractivity contribution in [1.82, 2.24) is 4.90 Å². The van der Waals surface area contributed by atoms with Crippen molar-refractivity contribution in [3.8, 4) is 5.75 Å². The second-order valence-corrected chi connectivity index (χ2v) is 10.3. The van der Waals surface area contributed by atoms with E-state index in [-0.39, 0.29) is 17.8 Å². The maximum Gasteiger partial charge on any atom is 0.323 e. The molecule has 0 aliphatic carbocycles. The molecular weight excluding hydrogens is 469 g/mol. The minimum Gasteiger partial charge on any atom is -0.491 e. The molecule has 1 atom stereocenters. The van der Waals surface area contributed by atoms with Crippen molar-refractivity contribution in [3.63, 3.8) is 0 Å². The van der Waals surface area contributed by atoms with Gasteiger partial charge in [-0.25, -0.2) is 4.39 Å². The second kappa shape index (κ2) is 10.2. The Morgan fingerprint density at radius 3 is 2.80 bits per heavy atom. The maximum absolute atomic E-state index is 13.5. The highest BCUT2D eigenvalue weighted by Gasteiger charge is 2.33. The molecule has 2 aromatic carbocycles. The Hall–Kier alpha value is -1.57. The number of benzene rings is 2. The molecule has 0 N–H and O–H groups in total. The first-order valence-corrected chi connectivity index (χ1v) is 11.6. The predicted octanol–water partition coefficient (Wildman–Crippen LogP) is 5.92. The minimum atomic E-state index is -0.484. The highest BCUT2D eigenvalue weighted by atomic mass is 79.9. The van der Waals surface area contributed by atoms with Crippen LogP contribution in [0.15, 0.2) is 56.7 Å². The van der Waals surface area contributed by atoms with Crippen molar-refractivity contribution in [2.24, 2.45) is 0 Å². The Labute approximate surface area is 190 Å². The average molecular weight is 496 g/mol. The van der Waals surface area contributed by atoms with Crippen LogP contribution in [0.5, 0.6) is 5.75 Å². The van der Waals surface area contributed by atoms with Gasteiger partial charge in [-0.05, 0) is 76.6 Å². The summed E-state index contributed by atoms with van der Waals surface area (Å²) in [4.78, 5) is 16.3. The maximum atomic E-state index is 13.5. The number of likely N-dealkylation sites (tertiary alicyclic amines) is 1. The molecule has 0 bridgehead atoms. The molecule has 3 rings (SSSR count). The molecule has 0 radical (unpaired) electrons. The van der Waals surface area contributed by atoms with Gasteiger partial charge < -0.3 is 9.47 Å². The second-order valence-electron chi connectivity index (χ2n) is 8.23. The Balaban J connectivity index is 1.61. The van der Waals surface area contributed by atoms with Crippen LogP contribution in [0.2, 0.25) is 0 Å². The predicted molar refractivity (Wildman–Crippen MR) is 121 cm³/mol. The number of halogens is 2. The molecule has 1 fully saturated rings. The summed E-state index contributed by atoms with van der Waals surface area (Å²) in [6.45, 7) is 7.62. The van der Waals surface area contributed by atoms with E-state index >= 15 is 0 Å². The summed E-state index contributed by atoms with van der Waals surface area (Å²) >= 11 is 4.95. The van der Waals surface area contributed by atoms with Gasteiger partial charge in [0, 0.05) is 15.9 Å². The van der Waals surface area contributed by atoms with Gasteiger partial charge in [0.25, 0.3) is 0 Å². The van der Waals surface area contributed by atoms with Crippen LogP contribution in [0.3, 0.4) is 0 Å². The molecule has 162 valence electrons. The zero-order valence-corrected chi connectivity index (χ0v) is 19.9. The number of carbonyl (C=O) groups excluding carboxylic acids is 1. The van der Waals surface area contributed by atoms with Crippen LogP contribution in [0.1, 0.15) is 33.6 Å². The van der Waals surface area contributed by atoms with E-state index in [0.29, 0.717) is 13.2 Å². The van der Waals surface area contributed by atoms with Crippen LogP contribution in [0, 0.1) is 5.82 Å². The molecule has 0 amide bonds. The van der Waals surface area contributed by atoms with Gasteiger partial charge in [0.1, 0.15) is 29.8 Å². The first kappa shape index (κ1) is 23.1. The average Bonchev–Trinajstić information content (AvgIpc) is 3.11. The fraction of sp³-hybridized carbons (Fsp3) is 0.435. The highest BCUT2D eigenvalue weighted by molar-refractivity contribution is 9.10. The highest BCUT2D eigenvalue weighted by Crippen LogP contribution is 2.37. The molecule has 1 aliphatic rings. The fourth-order valence-electron chi connectivity index (χ4n) is 3.34. The summed E-state index contributed by atoms with van der Waals surface area (Å²) in [5.74, 6) is 0.311. The van der Waals surface area contributed by atoms with Crippen molar-refractivity contribution >= 4 is 33.7 Å². The third-order valence-corrected chi connectivity index (χ3v) is 6.13. The summed E-state index contributed by atoms with van der Waals surface area (Å²) in [7, 11) is 0. The minimum absolute atomic E-state index is 0.161. The van der Waals surface area contributed by atoms with Gasteiger partial charge in [-0.15, -0.1) is 0 Å². The molecule has 0 spiro atoms. The smallest absolute Gasteiger partial charge is 0.323 e. The van der Waals surface area contributed by atoms with E-state index in [1.807, 2.05) is 45.0 Å². The van der Waals surface area contributed by atoms with Crippen molar-refractivity contribution in [2.45, 2.75) is 55.0 Å². The summed E-state index contributed by atoms with van der Waals surface area (Å²) in [6, 6.07) is 12.1. The van der Waals surface area contributed by atoms with Gasteiger partial charge in [0.15, 0.2) is 0 Å². The van der Waals surface area contributed by atoms with E-state index in [2.05, 4.69) is 20.8 Å². The first-order valence-electron chi connectivity index (χ1n) is 10.0. The number of hydrogen-bond acceptors (Lipinski definition) is 5. The van der Waals surface area contributed by atoms with Gasteiger partial charge >= 0.3 is 5.97 Å². The third-order valence-electron chi connectivity index (χ3n) is 4.61. The molecule has 1 unspecified atom stereocenters. The molecule has 7 heteroatoms. The summed E-state index contributed by atoms with van der Waals surface area (Å²) in [5.41, 5.74) is -0.484. The van der Waals surface area contributed by atoms with Crippen LogP contribution >= 0.6 is 27.7 Å². The number of carbonyl (C=O) groups is 1. The zero-order valence-electron chi connectivity index (χ0n) is 17.5. The van der Waals surface area contributed by atoms with E-state index in [4.69, 9.17) is 9.47 Å². The Morgan fingerprint density at radius 1 is 1.27 bits per heavy atom. The lowest BCUT2D eigenvalue weighted by Gasteiger charge is -2.27. The van der Waals surface area contributed by atoms with Crippen LogP contribution < -0.4 is 4.74 Å². The van der Waals surface area contributed by atoms with E-state index in [0.717, 1.165) is 39.4 Å². The molecule has 4 nitrogen and oxygen atoms in total. The van der Waals surface area contributed by atoms with Crippen molar-refractivity contribution < 1.29 is 18.7 Å². The molecule has 0 aromatic heterocycles. The zero-order chi connectivity index (χ0) is 21.7. The van der Waals surface area contributed by atoms with E-state index in [1.165, 1.54) is 23.9 Å². The van der Waals surface area contributed by atoms with E-state index in [1.54, 1.807) is 6.07 Å². The van der Waals surface area contributed by atoms with Crippen molar-refractivity contribution in [2.75, 3.05) is 19.7 Å². The van der Waals surface area contributed by atoms with Gasteiger partial charge in [0.05, 0.1) is 4.90 Å². The lowest BCUT2D eigenvalue weighted by molar-refractivity contribution is -0.160. The molecule has 30 heavy (non-hydrogen) atoms. The number of rotatable bonds is 7. The SMILES string of the molecule is CC(C)(C)OC(=O)C1CCCN1CCOc1ccc(Br)cc1Sc1cccc(F)c1. The van der Waals surface area contributed by atoms with Crippen LogP contribution in [-0.2, 0) is 9.53 Å². The molecule has 0 saturated carbocycles. The van der Waals surface area contributed by atoms with Gasteiger partial charge in [-0.2, -0.15) is 0 Å². The quantitative estimate of drug-likeness (QED) is 0.445. The molecule has 2 aromatic rings. The molecule has 1 saturated heterocycles. The molecular formula is C23H27BrFNO3S. The topological polar surface area (TPSA) is 38.8 Å². The standard InChI is InChI=1S/C23H27BrFNO3S/c1-23(2,3)29-22(27)19-8-5-11-26(19)12-13-28-20-10-9-16(24)14-21(20)30-18-7-4-6-17(25)15-18/h4,6-7,9-10,14-15,19H,5,8,11-13H2,1-3H3. The Morgan fingerprint density at radius 2 is 2.07 bits per heavy atom. The number of esters is 1. The van der Waals surface area contributed by atoms with Crippen LogP contribution in [0.25, 0.3) is 0 Å². The normalized spacial score (nSPS) is 17.2. The number of ether oxygens (including phenoxy) is 2. The monoisotopic (exact) mass is 495 g/mol. The van der Waals surface area contributed by atoms with Gasteiger partial charge in [0.2, 0.25) is 0 Å². The van der Waals surface area contributed by atoms with Crippen LogP contribution in [-0.4, -0.2) is 42.2 Å². The van der Waals surface area contributed by atoms with E-state index in [9.17, 15) is 9.18 Å². The van der Waals surface area contributed by atoms with Gasteiger partial charge in [-0.1, -0.05) is 33.8 Å². The fourth-order valence-corrected chi connectivity index (χ4v) is 4.84. The van der Waals surface area contributed by atoms with Crippen molar-refractivity contribution in [3.05, 3.63) is 52.8 Å². The van der Waals surface area contributed by atoms with Gasteiger partial charge in [-0.3, -0.25) is 9.69 Å². The summed E-state index contributed by atoms with van der Waals surface area (Å²) < 4.78 is 26.1. The summed E-state index contributed by atoms with van der Waals surface area (Å²) in [5, 5.41) is 0. The largest absolute Gasteiger partial charge is 0.491 e.